The van der Waals surface area contributed by atoms with Crippen LogP contribution in [0.25, 0.3) is 6.08 Å². The van der Waals surface area contributed by atoms with E-state index in [1.165, 1.54) is 13.2 Å². The number of methoxy groups -OCH3 is 1. The lowest BCUT2D eigenvalue weighted by molar-refractivity contribution is -0.136. The molecule has 0 bridgehead atoms. The Labute approximate surface area is 86.4 Å². The van der Waals surface area contributed by atoms with Gasteiger partial charge < -0.3 is 9.30 Å². The zero-order chi connectivity index (χ0) is 10.6. The third-order valence-corrected chi connectivity index (χ3v) is 1.84. The predicted octanol–water partition coefficient (Wildman–Crippen LogP) is 0.677. The Morgan fingerprint density at radius 1 is 1.79 bits per heavy atom. The van der Waals surface area contributed by atoms with Gasteiger partial charge >= 0.3 is 5.97 Å². The van der Waals surface area contributed by atoms with Gasteiger partial charge in [0.2, 0.25) is 0 Å². The second kappa shape index (κ2) is 4.66. The molecule has 0 radical (unpaired) electrons. The van der Waals surface area contributed by atoms with Gasteiger partial charge in [0.25, 0.3) is 0 Å². The molecule has 1 rings (SSSR count). The van der Waals surface area contributed by atoms with Crippen LogP contribution in [0.1, 0.15) is 5.82 Å². The van der Waals surface area contributed by atoms with E-state index in [1.54, 1.807) is 17.0 Å². The Morgan fingerprint density at radius 2 is 2.50 bits per heavy atom. The molecule has 0 aromatic carbocycles. The standard InChI is InChI=1S/C8H10ClN3O2/c1-12-4-3-10-7(12)5-6(11-9)8(13)14-2/h3-5,11H,1-2H3/b6-5+. The number of rotatable bonds is 3. The quantitative estimate of drug-likeness (QED) is 0.458. The first kappa shape index (κ1) is 10.6. The highest BCUT2D eigenvalue weighted by Gasteiger charge is 2.09. The topological polar surface area (TPSA) is 56.1 Å². The third kappa shape index (κ3) is 2.26. The summed E-state index contributed by atoms with van der Waals surface area (Å²) in [6, 6.07) is 0. The summed E-state index contributed by atoms with van der Waals surface area (Å²) in [5.74, 6) is 0.0709. The highest BCUT2D eigenvalue weighted by atomic mass is 35.5. The Bertz CT molecular complexity index is 359. The zero-order valence-electron chi connectivity index (χ0n) is 7.82. The fourth-order valence-electron chi connectivity index (χ4n) is 0.880. The summed E-state index contributed by atoms with van der Waals surface area (Å²) < 4.78 is 6.25. The first-order valence-corrected chi connectivity index (χ1v) is 4.20. The van der Waals surface area contributed by atoms with Crippen molar-refractivity contribution in [2.24, 2.45) is 7.05 Å². The minimum Gasteiger partial charge on any atom is -0.464 e. The molecule has 0 saturated heterocycles. The lowest BCUT2D eigenvalue weighted by Crippen LogP contribution is -2.13. The molecule has 0 atom stereocenters. The van der Waals surface area contributed by atoms with Crippen LogP contribution in [0.5, 0.6) is 0 Å². The monoisotopic (exact) mass is 215 g/mol. The van der Waals surface area contributed by atoms with Crippen LogP contribution in [-0.2, 0) is 16.6 Å². The van der Waals surface area contributed by atoms with Crippen molar-refractivity contribution in [1.29, 1.82) is 0 Å². The van der Waals surface area contributed by atoms with Gasteiger partial charge in [0.05, 0.1) is 7.11 Å². The molecule has 1 aromatic heterocycles. The minimum absolute atomic E-state index is 0.142. The Balaban J connectivity index is 2.95. The molecule has 0 saturated carbocycles. The molecule has 6 heteroatoms. The number of aryl methyl sites for hydroxylation is 1. The summed E-state index contributed by atoms with van der Waals surface area (Å²) in [7, 11) is 3.09. The first-order chi connectivity index (χ1) is 6.69. The van der Waals surface area contributed by atoms with E-state index in [-0.39, 0.29) is 5.70 Å². The van der Waals surface area contributed by atoms with Gasteiger partial charge in [0, 0.05) is 37.3 Å². The van der Waals surface area contributed by atoms with Crippen LogP contribution in [0.15, 0.2) is 18.1 Å². The van der Waals surface area contributed by atoms with Gasteiger partial charge in [-0.3, -0.25) is 4.84 Å². The SMILES string of the molecule is COC(=O)/C(=C\c1nccn1C)NCl. The highest BCUT2D eigenvalue weighted by molar-refractivity contribution is 6.17. The van der Waals surface area contributed by atoms with Gasteiger partial charge in [-0.05, 0) is 0 Å². The van der Waals surface area contributed by atoms with Crippen molar-refractivity contribution in [1.82, 2.24) is 14.4 Å². The number of nitrogens with zero attached hydrogens (tertiary/aromatic N) is 2. The second-order valence-corrected chi connectivity index (χ2v) is 2.73. The number of halogens is 1. The number of aromatic nitrogens is 2. The molecule has 0 aliphatic carbocycles. The maximum absolute atomic E-state index is 11.1. The van der Waals surface area contributed by atoms with Crippen LogP contribution in [0.4, 0.5) is 0 Å². The predicted molar refractivity (Wildman–Crippen MR) is 52.2 cm³/mol. The summed E-state index contributed by atoms with van der Waals surface area (Å²) in [6.07, 6.45) is 4.88. The number of nitrogens with one attached hydrogen (secondary N) is 1. The summed E-state index contributed by atoms with van der Waals surface area (Å²) >= 11 is 5.35. The average Bonchev–Trinajstić information content (AvgIpc) is 2.59. The van der Waals surface area contributed by atoms with E-state index in [1.807, 2.05) is 7.05 Å². The number of carbonyl (C=O) groups excluding carboxylic acids is 1. The largest absolute Gasteiger partial charge is 0.464 e. The third-order valence-electron chi connectivity index (χ3n) is 1.64. The molecule has 0 spiro atoms. The molecule has 14 heavy (non-hydrogen) atoms. The van der Waals surface area contributed by atoms with Crippen LogP contribution >= 0.6 is 11.8 Å². The molecule has 0 amide bonds. The number of ether oxygens (including phenoxy) is 1. The van der Waals surface area contributed by atoms with Crippen LogP contribution in [-0.4, -0.2) is 22.6 Å². The van der Waals surface area contributed by atoms with Crippen LogP contribution in [0.2, 0.25) is 0 Å². The summed E-state index contributed by atoms with van der Waals surface area (Å²) in [5.41, 5.74) is 0.142. The molecule has 1 heterocycles. The average molecular weight is 216 g/mol. The molecule has 0 aliphatic heterocycles. The van der Waals surface area contributed by atoms with E-state index in [9.17, 15) is 4.79 Å². The molecule has 76 valence electrons. The molecule has 5 nitrogen and oxygen atoms in total. The Kier molecular flexibility index (Phi) is 3.53. The highest BCUT2D eigenvalue weighted by Crippen LogP contribution is 2.03. The normalized spacial score (nSPS) is 11.2. The fraction of sp³-hybridized carbons (Fsp3) is 0.250. The fourth-order valence-corrected chi connectivity index (χ4v) is 1.01. The van der Waals surface area contributed by atoms with Crippen LogP contribution < -0.4 is 4.84 Å². The van der Waals surface area contributed by atoms with Crippen molar-refractivity contribution in [2.75, 3.05) is 7.11 Å². The van der Waals surface area contributed by atoms with Crippen LogP contribution in [0, 0.1) is 0 Å². The lowest BCUT2D eigenvalue weighted by Gasteiger charge is -2.02. The molecular weight excluding hydrogens is 206 g/mol. The Morgan fingerprint density at radius 3 is 2.93 bits per heavy atom. The molecular formula is C8H10ClN3O2. The molecule has 0 aliphatic rings. The van der Waals surface area contributed by atoms with Gasteiger partial charge in [0.1, 0.15) is 11.5 Å². The van der Waals surface area contributed by atoms with E-state index in [2.05, 4.69) is 14.6 Å². The van der Waals surface area contributed by atoms with Crippen LogP contribution in [0.3, 0.4) is 0 Å². The minimum atomic E-state index is -0.539. The zero-order valence-corrected chi connectivity index (χ0v) is 8.58. The van der Waals surface area contributed by atoms with Gasteiger partial charge in [-0.15, -0.1) is 0 Å². The van der Waals surface area contributed by atoms with Crippen molar-refractivity contribution in [3.63, 3.8) is 0 Å². The van der Waals surface area contributed by atoms with Gasteiger partial charge in [-0.25, -0.2) is 9.78 Å². The number of esters is 1. The summed E-state index contributed by atoms with van der Waals surface area (Å²) in [4.78, 5) is 17.3. The molecule has 0 unspecified atom stereocenters. The maximum atomic E-state index is 11.1. The van der Waals surface area contributed by atoms with E-state index in [0.717, 1.165) is 0 Å². The van der Waals surface area contributed by atoms with Gasteiger partial charge in [-0.2, -0.15) is 0 Å². The Hall–Kier alpha value is -1.49. The number of carbonyl (C=O) groups is 1. The molecule has 1 N–H and O–H groups in total. The van der Waals surface area contributed by atoms with Crippen molar-refractivity contribution < 1.29 is 9.53 Å². The van der Waals surface area contributed by atoms with Gasteiger partial charge in [-0.1, -0.05) is 0 Å². The lowest BCUT2D eigenvalue weighted by atomic mass is 10.4. The smallest absolute Gasteiger partial charge is 0.355 e. The number of imidazole rings is 1. The van der Waals surface area contributed by atoms with E-state index >= 15 is 0 Å². The second-order valence-electron chi connectivity index (χ2n) is 2.54. The first-order valence-electron chi connectivity index (χ1n) is 3.83. The van der Waals surface area contributed by atoms with E-state index in [0.29, 0.717) is 5.82 Å². The van der Waals surface area contributed by atoms with Crippen molar-refractivity contribution >= 4 is 23.8 Å². The van der Waals surface area contributed by atoms with Crippen molar-refractivity contribution in [2.45, 2.75) is 0 Å². The summed E-state index contributed by atoms with van der Waals surface area (Å²) in [6.45, 7) is 0. The van der Waals surface area contributed by atoms with E-state index < -0.39 is 5.97 Å². The van der Waals surface area contributed by atoms with E-state index in [4.69, 9.17) is 11.8 Å². The maximum Gasteiger partial charge on any atom is 0.355 e. The molecule has 1 aromatic rings. The van der Waals surface area contributed by atoms with Crippen molar-refractivity contribution in [3.8, 4) is 0 Å². The molecule has 0 fully saturated rings. The van der Waals surface area contributed by atoms with Gasteiger partial charge in [0.15, 0.2) is 0 Å². The van der Waals surface area contributed by atoms with Crippen molar-refractivity contribution in [3.05, 3.63) is 23.9 Å². The summed E-state index contributed by atoms with van der Waals surface area (Å²) in [5, 5.41) is 0. The number of hydrogen-bond donors (Lipinski definition) is 1. The number of hydrogen-bond acceptors (Lipinski definition) is 4.